The van der Waals surface area contributed by atoms with Crippen LogP contribution in [0, 0.1) is 13.8 Å². The van der Waals surface area contributed by atoms with E-state index in [1.54, 1.807) is 35.7 Å². The van der Waals surface area contributed by atoms with Gasteiger partial charge in [-0.05, 0) is 51.5 Å². The third kappa shape index (κ3) is 3.71. The minimum absolute atomic E-state index is 0.0568. The number of carbonyl (C=O) groups excluding carboxylic acids is 1. The van der Waals surface area contributed by atoms with Gasteiger partial charge in [-0.25, -0.2) is 9.67 Å². The third-order valence-electron chi connectivity index (χ3n) is 3.46. The van der Waals surface area contributed by atoms with Crippen LogP contribution in [0.4, 0.5) is 0 Å². The molecule has 2 aromatic rings. The molecule has 1 aromatic carbocycles. The van der Waals surface area contributed by atoms with Crippen LogP contribution >= 0.6 is 0 Å². The van der Waals surface area contributed by atoms with E-state index in [1.807, 2.05) is 26.0 Å². The number of aromatic nitrogens is 3. The van der Waals surface area contributed by atoms with Gasteiger partial charge in [-0.3, -0.25) is 4.79 Å². The van der Waals surface area contributed by atoms with E-state index in [2.05, 4.69) is 10.1 Å². The molecule has 1 atom stereocenters. The molecule has 1 heterocycles. The Labute approximate surface area is 130 Å². The van der Waals surface area contributed by atoms with Gasteiger partial charge in [-0.1, -0.05) is 0 Å². The molecule has 2 rings (SSSR count). The van der Waals surface area contributed by atoms with Crippen molar-refractivity contribution in [3.63, 3.8) is 0 Å². The Kier molecular flexibility index (Phi) is 4.92. The number of hydrogen-bond donors (Lipinski definition) is 1. The van der Waals surface area contributed by atoms with Crippen LogP contribution in [0.3, 0.4) is 0 Å². The van der Waals surface area contributed by atoms with Gasteiger partial charge in [-0.2, -0.15) is 5.10 Å². The van der Waals surface area contributed by atoms with E-state index in [1.165, 1.54) is 0 Å². The predicted molar refractivity (Wildman–Crippen MR) is 84.1 cm³/mol. The molecule has 0 fully saturated rings. The molecule has 6 heteroatoms. The maximum Gasteiger partial charge on any atom is 0.253 e. The van der Waals surface area contributed by atoms with E-state index >= 15 is 0 Å². The average molecular weight is 302 g/mol. The maximum absolute atomic E-state index is 12.3. The van der Waals surface area contributed by atoms with Crippen LogP contribution in [0.15, 0.2) is 24.3 Å². The number of aliphatic hydroxyl groups excluding tert-OH is 1. The third-order valence-corrected chi connectivity index (χ3v) is 3.46. The topological polar surface area (TPSA) is 71.2 Å². The van der Waals surface area contributed by atoms with Crippen LogP contribution in [0.2, 0.25) is 0 Å². The zero-order valence-electron chi connectivity index (χ0n) is 13.4. The van der Waals surface area contributed by atoms with Gasteiger partial charge in [0, 0.05) is 19.2 Å². The van der Waals surface area contributed by atoms with E-state index in [0.29, 0.717) is 18.5 Å². The molecule has 1 N–H and O–H groups in total. The largest absolute Gasteiger partial charge is 0.393 e. The number of carbonyl (C=O) groups is 1. The Bertz CT molecular complexity index is 647. The SMILES string of the molecule is Cc1nc(C)n(-c2ccc(C(=O)N(C)CCC(C)O)cc2)n1. The Balaban J connectivity index is 2.11. The monoisotopic (exact) mass is 302 g/mol. The van der Waals surface area contributed by atoms with E-state index in [4.69, 9.17) is 0 Å². The van der Waals surface area contributed by atoms with E-state index in [9.17, 15) is 9.90 Å². The second-order valence-electron chi connectivity index (χ2n) is 5.53. The lowest BCUT2D eigenvalue weighted by molar-refractivity contribution is 0.0769. The first-order chi connectivity index (χ1) is 10.4. The van der Waals surface area contributed by atoms with Crippen molar-refractivity contribution in [3.05, 3.63) is 41.5 Å². The van der Waals surface area contributed by atoms with Crippen molar-refractivity contribution in [1.29, 1.82) is 0 Å². The second kappa shape index (κ2) is 6.70. The number of rotatable bonds is 5. The highest BCUT2D eigenvalue weighted by atomic mass is 16.3. The Morgan fingerprint density at radius 2 is 1.95 bits per heavy atom. The first kappa shape index (κ1) is 16.2. The van der Waals surface area contributed by atoms with Crippen molar-refractivity contribution < 1.29 is 9.90 Å². The maximum atomic E-state index is 12.3. The molecule has 0 spiro atoms. The lowest BCUT2D eigenvalue weighted by Gasteiger charge is -2.18. The number of amides is 1. The van der Waals surface area contributed by atoms with Crippen LogP contribution in [0.25, 0.3) is 5.69 Å². The molecule has 0 saturated heterocycles. The molecule has 0 aliphatic heterocycles. The van der Waals surface area contributed by atoms with E-state index in [0.717, 1.165) is 17.3 Å². The number of hydrogen-bond acceptors (Lipinski definition) is 4. The molecule has 0 aliphatic carbocycles. The fourth-order valence-corrected chi connectivity index (χ4v) is 2.21. The normalized spacial score (nSPS) is 12.2. The molecule has 1 aromatic heterocycles. The molecule has 1 amide bonds. The number of nitrogens with zero attached hydrogens (tertiary/aromatic N) is 4. The summed E-state index contributed by atoms with van der Waals surface area (Å²) in [4.78, 5) is 18.2. The Morgan fingerprint density at radius 1 is 1.32 bits per heavy atom. The summed E-state index contributed by atoms with van der Waals surface area (Å²) in [5.74, 6) is 1.47. The first-order valence-electron chi connectivity index (χ1n) is 7.32. The number of benzene rings is 1. The molecule has 22 heavy (non-hydrogen) atoms. The standard InChI is InChI=1S/C16H22N4O2/c1-11(21)9-10-19(4)16(22)14-5-7-15(8-6-14)20-13(3)17-12(2)18-20/h5-8,11,21H,9-10H2,1-4H3. The highest BCUT2D eigenvalue weighted by molar-refractivity contribution is 5.94. The van der Waals surface area contributed by atoms with Gasteiger partial charge in [-0.15, -0.1) is 0 Å². The minimum Gasteiger partial charge on any atom is -0.393 e. The quantitative estimate of drug-likeness (QED) is 0.913. The van der Waals surface area contributed by atoms with Crippen molar-refractivity contribution in [1.82, 2.24) is 19.7 Å². The van der Waals surface area contributed by atoms with Crippen molar-refractivity contribution in [2.75, 3.05) is 13.6 Å². The first-order valence-corrected chi connectivity index (χ1v) is 7.32. The molecule has 0 bridgehead atoms. The van der Waals surface area contributed by atoms with Crippen LogP contribution in [-0.4, -0.2) is 50.4 Å². The van der Waals surface area contributed by atoms with E-state index < -0.39 is 6.10 Å². The van der Waals surface area contributed by atoms with Crippen LogP contribution in [-0.2, 0) is 0 Å². The Hall–Kier alpha value is -2.21. The fourth-order valence-electron chi connectivity index (χ4n) is 2.21. The summed E-state index contributed by atoms with van der Waals surface area (Å²) < 4.78 is 1.75. The van der Waals surface area contributed by atoms with Crippen molar-refractivity contribution in [2.24, 2.45) is 0 Å². The van der Waals surface area contributed by atoms with Gasteiger partial charge in [0.05, 0.1) is 11.8 Å². The van der Waals surface area contributed by atoms with Crippen molar-refractivity contribution in [2.45, 2.75) is 33.3 Å². The molecular formula is C16H22N4O2. The summed E-state index contributed by atoms with van der Waals surface area (Å²) in [6, 6.07) is 7.29. The van der Waals surface area contributed by atoms with Crippen LogP contribution < -0.4 is 0 Å². The molecule has 6 nitrogen and oxygen atoms in total. The summed E-state index contributed by atoms with van der Waals surface area (Å²) >= 11 is 0. The molecule has 1 unspecified atom stereocenters. The van der Waals surface area contributed by atoms with Crippen LogP contribution in [0.1, 0.15) is 35.4 Å². The lowest BCUT2D eigenvalue weighted by atomic mass is 10.1. The Morgan fingerprint density at radius 3 is 2.45 bits per heavy atom. The van der Waals surface area contributed by atoms with E-state index in [-0.39, 0.29) is 5.91 Å². The fraction of sp³-hybridized carbons (Fsp3) is 0.438. The summed E-state index contributed by atoms with van der Waals surface area (Å²) in [6.45, 7) is 5.98. The summed E-state index contributed by atoms with van der Waals surface area (Å²) in [7, 11) is 1.74. The minimum atomic E-state index is -0.406. The molecule has 118 valence electrons. The highest BCUT2D eigenvalue weighted by Crippen LogP contribution is 2.12. The smallest absolute Gasteiger partial charge is 0.253 e. The molecule has 0 radical (unpaired) electrons. The van der Waals surface area contributed by atoms with Crippen molar-refractivity contribution in [3.8, 4) is 5.69 Å². The summed E-state index contributed by atoms with van der Waals surface area (Å²) in [6.07, 6.45) is 0.161. The number of aryl methyl sites for hydroxylation is 2. The number of aliphatic hydroxyl groups is 1. The van der Waals surface area contributed by atoms with Crippen molar-refractivity contribution >= 4 is 5.91 Å². The zero-order valence-corrected chi connectivity index (χ0v) is 13.4. The zero-order chi connectivity index (χ0) is 16.3. The molecule has 0 saturated carbocycles. The van der Waals surface area contributed by atoms with Gasteiger partial charge in [0.1, 0.15) is 11.6 Å². The average Bonchev–Trinajstić information content (AvgIpc) is 2.83. The summed E-state index contributed by atoms with van der Waals surface area (Å²) in [5, 5.41) is 13.6. The summed E-state index contributed by atoms with van der Waals surface area (Å²) in [5.41, 5.74) is 1.49. The van der Waals surface area contributed by atoms with Gasteiger partial charge in [0.15, 0.2) is 0 Å². The van der Waals surface area contributed by atoms with Gasteiger partial charge in [0.25, 0.3) is 5.91 Å². The predicted octanol–water partition coefficient (Wildman–Crippen LogP) is 1.73. The molecular weight excluding hydrogens is 280 g/mol. The van der Waals surface area contributed by atoms with Crippen LogP contribution in [0.5, 0.6) is 0 Å². The second-order valence-corrected chi connectivity index (χ2v) is 5.53. The molecule has 0 aliphatic rings. The van der Waals surface area contributed by atoms with Gasteiger partial charge >= 0.3 is 0 Å². The lowest BCUT2D eigenvalue weighted by Crippen LogP contribution is -2.29. The van der Waals surface area contributed by atoms with Gasteiger partial charge < -0.3 is 10.0 Å². The van der Waals surface area contributed by atoms with Gasteiger partial charge in [0.2, 0.25) is 0 Å². The highest BCUT2D eigenvalue weighted by Gasteiger charge is 2.13.